The van der Waals surface area contributed by atoms with Gasteiger partial charge >= 0.3 is 5.97 Å². The number of furan rings is 1. The van der Waals surface area contributed by atoms with Gasteiger partial charge in [-0.05, 0) is 28.9 Å². The summed E-state index contributed by atoms with van der Waals surface area (Å²) in [5.41, 5.74) is 1.34. The number of halogens is 1. The van der Waals surface area contributed by atoms with Crippen LogP contribution in [-0.4, -0.2) is 11.1 Å². The Morgan fingerprint density at radius 2 is 2.27 bits per heavy atom. The van der Waals surface area contributed by atoms with Crippen LogP contribution in [0.15, 0.2) is 33.4 Å². The van der Waals surface area contributed by atoms with E-state index >= 15 is 0 Å². The smallest absolute Gasteiger partial charge is 0.310 e. The lowest BCUT2D eigenvalue weighted by Crippen LogP contribution is -2.07. The summed E-state index contributed by atoms with van der Waals surface area (Å²) >= 11 is 3.23. The molecule has 2 aromatic rings. The van der Waals surface area contributed by atoms with E-state index in [0.29, 0.717) is 15.8 Å². The molecule has 0 amide bonds. The van der Waals surface area contributed by atoms with Crippen molar-refractivity contribution < 1.29 is 14.3 Å². The number of hydrogen-bond acceptors (Lipinski definition) is 2. The van der Waals surface area contributed by atoms with E-state index in [1.807, 2.05) is 18.2 Å². The molecule has 1 heterocycles. The molecule has 0 saturated heterocycles. The molecule has 15 heavy (non-hydrogen) atoms. The monoisotopic (exact) mass is 268 g/mol. The van der Waals surface area contributed by atoms with E-state index in [2.05, 4.69) is 15.9 Å². The summed E-state index contributed by atoms with van der Waals surface area (Å²) in [5.74, 6) is -1.42. The molecule has 1 aromatic carbocycles. The molecule has 3 nitrogen and oxygen atoms in total. The highest BCUT2D eigenvalue weighted by atomic mass is 79.9. The Hall–Kier alpha value is -1.29. The highest BCUT2D eigenvalue weighted by Crippen LogP contribution is 2.30. The van der Waals surface area contributed by atoms with Gasteiger partial charge < -0.3 is 9.52 Å². The van der Waals surface area contributed by atoms with E-state index in [-0.39, 0.29) is 0 Å². The number of carbonyl (C=O) groups is 1. The molecule has 2 rings (SSSR count). The molecule has 0 aliphatic carbocycles. The fourth-order valence-corrected chi connectivity index (χ4v) is 1.94. The molecule has 78 valence electrons. The molecule has 0 aliphatic heterocycles. The van der Waals surface area contributed by atoms with Crippen LogP contribution in [0, 0.1) is 0 Å². The van der Waals surface area contributed by atoms with Crippen LogP contribution < -0.4 is 0 Å². The van der Waals surface area contributed by atoms with Crippen LogP contribution in [0.3, 0.4) is 0 Å². The van der Waals surface area contributed by atoms with Gasteiger partial charge in [0.15, 0.2) is 4.67 Å². The maximum absolute atomic E-state index is 10.9. The van der Waals surface area contributed by atoms with Gasteiger partial charge in [0, 0.05) is 10.9 Å². The number of aliphatic carboxylic acids is 1. The predicted octanol–water partition coefficient (Wildman–Crippen LogP) is 3.38. The quantitative estimate of drug-likeness (QED) is 0.909. The van der Waals surface area contributed by atoms with Crippen molar-refractivity contribution in [3.63, 3.8) is 0 Å². The zero-order chi connectivity index (χ0) is 11.0. The number of fused-ring (bicyclic) bond motifs is 1. The van der Waals surface area contributed by atoms with Gasteiger partial charge in [-0.25, -0.2) is 0 Å². The van der Waals surface area contributed by atoms with E-state index < -0.39 is 11.9 Å². The Bertz CT molecular complexity index is 516. The molecular formula is C11H9BrO3. The van der Waals surface area contributed by atoms with Crippen molar-refractivity contribution >= 4 is 32.9 Å². The van der Waals surface area contributed by atoms with Crippen molar-refractivity contribution in [2.24, 2.45) is 0 Å². The number of carboxylic acids is 1. The Kier molecular flexibility index (Phi) is 2.52. The van der Waals surface area contributed by atoms with Gasteiger partial charge in [-0.1, -0.05) is 18.2 Å². The van der Waals surface area contributed by atoms with Crippen molar-refractivity contribution in [3.8, 4) is 0 Å². The minimum atomic E-state index is -0.852. The standard InChI is InChI=1S/C11H9BrO3/c1-6(11(13)14)8-4-2-3-7-5-9(12)15-10(7)8/h2-6H,1H3,(H,13,14). The number of hydrogen-bond donors (Lipinski definition) is 1. The van der Waals surface area contributed by atoms with E-state index in [9.17, 15) is 4.79 Å². The van der Waals surface area contributed by atoms with Crippen LogP contribution in [-0.2, 0) is 4.79 Å². The summed E-state index contributed by atoms with van der Waals surface area (Å²) in [7, 11) is 0. The average Bonchev–Trinajstić information content (AvgIpc) is 2.56. The molecule has 4 heteroatoms. The molecule has 0 radical (unpaired) electrons. The molecule has 0 aliphatic rings. The molecule has 0 bridgehead atoms. The van der Waals surface area contributed by atoms with Gasteiger partial charge in [0.25, 0.3) is 0 Å². The second-order valence-electron chi connectivity index (χ2n) is 3.38. The van der Waals surface area contributed by atoms with Crippen molar-refractivity contribution in [3.05, 3.63) is 34.5 Å². The first-order chi connectivity index (χ1) is 7.09. The molecule has 0 fully saturated rings. The molecule has 0 spiro atoms. The predicted molar refractivity (Wildman–Crippen MR) is 60.0 cm³/mol. The normalized spacial score (nSPS) is 12.9. The second kappa shape index (κ2) is 3.70. The van der Waals surface area contributed by atoms with Gasteiger partial charge in [-0.2, -0.15) is 0 Å². The maximum Gasteiger partial charge on any atom is 0.310 e. The lowest BCUT2D eigenvalue weighted by atomic mass is 10.00. The third kappa shape index (κ3) is 1.77. The molecule has 0 saturated carbocycles. The third-order valence-corrected chi connectivity index (χ3v) is 2.77. The maximum atomic E-state index is 10.9. The minimum Gasteiger partial charge on any atom is -0.481 e. The summed E-state index contributed by atoms with van der Waals surface area (Å²) in [5, 5.41) is 9.86. The fraction of sp³-hybridized carbons (Fsp3) is 0.182. The topological polar surface area (TPSA) is 50.4 Å². The van der Waals surface area contributed by atoms with Crippen molar-refractivity contribution in [2.75, 3.05) is 0 Å². The van der Waals surface area contributed by atoms with Crippen molar-refractivity contribution in [1.29, 1.82) is 0 Å². The van der Waals surface area contributed by atoms with Crippen LogP contribution in [0.4, 0.5) is 0 Å². The molecule has 1 atom stereocenters. The SMILES string of the molecule is CC(C(=O)O)c1cccc2cc(Br)oc12. The Morgan fingerprint density at radius 3 is 2.93 bits per heavy atom. The first kappa shape index (κ1) is 10.2. The summed E-state index contributed by atoms with van der Waals surface area (Å²) < 4.78 is 6.04. The summed E-state index contributed by atoms with van der Waals surface area (Å²) in [4.78, 5) is 10.9. The first-order valence-corrected chi connectivity index (χ1v) is 5.29. The van der Waals surface area contributed by atoms with Crippen LogP contribution in [0.2, 0.25) is 0 Å². The highest BCUT2D eigenvalue weighted by Gasteiger charge is 2.18. The zero-order valence-corrected chi connectivity index (χ0v) is 9.61. The van der Waals surface area contributed by atoms with Crippen LogP contribution in [0.25, 0.3) is 11.0 Å². The Morgan fingerprint density at radius 1 is 1.53 bits per heavy atom. The van der Waals surface area contributed by atoms with E-state index in [4.69, 9.17) is 9.52 Å². The second-order valence-corrected chi connectivity index (χ2v) is 4.16. The summed E-state index contributed by atoms with van der Waals surface area (Å²) in [6, 6.07) is 7.32. The van der Waals surface area contributed by atoms with Crippen molar-refractivity contribution in [2.45, 2.75) is 12.8 Å². The molecule has 1 N–H and O–H groups in total. The lowest BCUT2D eigenvalue weighted by Gasteiger charge is -2.06. The lowest BCUT2D eigenvalue weighted by molar-refractivity contribution is -0.138. The summed E-state index contributed by atoms with van der Waals surface area (Å²) in [6.07, 6.45) is 0. The van der Waals surface area contributed by atoms with Gasteiger partial charge in [0.2, 0.25) is 0 Å². The summed E-state index contributed by atoms with van der Waals surface area (Å²) in [6.45, 7) is 1.65. The molecular weight excluding hydrogens is 260 g/mol. The third-order valence-electron chi connectivity index (χ3n) is 2.38. The Balaban J connectivity index is 2.64. The van der Waals surface area contributed by atoms with Gasteiger partial charge in [-0.3, -0.25) is 4.79 Å². The van der Waals surface area contributed by atoms with Gasteiger partial charge in [-0.15, -0.1) is 0 Å². The van der Waals surface area contributed by atoms with Gasteiger partial charge in [0.05, 0.1) is 5.92 Å². The van der Waals surface area contributed by atoms with Crippen LogP contribution >= 0.6 is 15.9 Å². The van der Waals surface area contributed by atoms with Crippen LogP contribution in [0.1, 0.15) is 18.4 Å². The molecule has 1 unspecified atom stereocenters. The molecule has 1 aromatic heterocycles. The fourth-order valence-electron chi connectivity index (χ4n) is 1.53. The van der Waals surface area contributed by atoms with Gasteiger partial charge in [0.1, 0.15) is 5.58 Å². The number of carboxylic acid groups (broad SMARTS) is 1. The number of para-hydroxylation sites is 1. The number of benzene rings is 1. The Labute approximate surface area is 94.8 Å². The largest absolute Gasteiger partial charge is 0.481 e. The first-order valence-electron chi connectivity index (χ1n) is 4.50. The van der Waals surface area contributed by atoms with Crippen LogP contribution in [0.5, 0.6) is 0 Å². The average molecular weight is 269 g/mol. The zero-order valence-electron chi connectivity index (χ0n) is 8.03. The van der Waals surface area contributed by atoms with Crippen molar-refractivity contribution in [1.82, 2.24) is 0 Å². The van der Waals surface area contributed by atoms with E-state index in [1.54, 1.807) is 13.0 Å². The number of rotatable bonds is 2. The minimum absolute atomic E-state index is 0.563. The highest BCUT2D eigenvalue weighted by molar-refractivity contribution is 9.10. The van der Waals surface area contributed by atoms with E-state index in [1.165, 1.54) is 0 Å². The van der Waals surface area contributed by atoms with E-state index in [0.717, 1.165) is 5.39 Å².